The summed E-state index contributed by atoms with van der Waals surface area (Å²) in [5.74, 6) is -0.828. The van der Waals surface area contributed by atoms with E-state index in [1.54, 1.807) is 12.3 Å². The molecule has 0 atom stereocenters. The molecular formula is C11H10N2O4. The van der Waals surface area contributed by atoms with E-state index in [1.807, 2.05) is 6.92 Å². The predicted molar refractivity (Wildman–Crippen MR) is 58.0 cm³/mol. The number of methoxy groups -OCH3 is 1. The quantitative estimate of drug-likeness (QED) is 0.870. The third-order valence-corrected chi connectivity index (χ3v) is 2.24. The van der Waals surface area contributed by atoms with Crippen molar-refractivity contribution in [2.45, 2.75) is 6.92 Å². The molecule has 6 heteroatoms. The highest BCUT2D eigenvalue weighted by atomic mass is 16.5. The van der Waals surface area contributed by atoms with Crippen LogP contribution in [-0.4, -0.2) is 28.3 Å². The fourth-order valence-electron chi connectivity index (χ4n) is 1.43. The van der Waals surface area contributed by atoms with Crippen LogP contribution in [0.2, 0.25) is 0 Å². The van der Waals surface area contributed by atoms with Crippen molar-refractivity contribution in [2.75, 3.05) is 7.11 Å². The van der Waals surface area contributed by atoms with Crippen molar-refractivity contribution in [2.24, 2.45) is 0 Å². The highest BCUT2D eigenvalue weighted by molar-refractivity contribution is 5.85. The van der Waals surface area contributed by atoms with Crippen molar-refractivity contribution in [3.63, 3.8) is 0 Å². The topological polar surface area (TPSA) is 85.5 Å². The summed E-state index contributed by atoms with van der Waals surface area (Å²) in [7, 11) is 1.54. The first-order valence-corrected chi connectivity index (χ1v) is 4.83. The Morgan fingerprint density at radius 3 is 2.76 bits per heavy atom. The Labute approximate surface area is 96.8 Å². The summed E-state index contributed by atoms with van der Waals surface area (Å²) < 4.78 is 9.70. The van der Waals surface area contributed by atoms with Gasteiger partial charge in [-0.05, 0) is 13.0 Å². The van der Waals surface area contributed by atoms with Crippen LogP contribution in [0.15, 0.2) is 22.9 Å². The van der Waals surface area contributed by atoms with Gasteiger partial charge in [0.05, 0.1) is 7.11 Å². The lowest BCUT2D eigenvalue weighted by Gasteiger charge is -2.03. The zero-order valence-electron chi connectivity index (χ0n) is 9.30. The molecule has 2 heterocycles. The minimum atomic E-state index is -1.15. The lowest BCUT2D eigenvalue weighted by atomic mass is 10.1. The van der Waals surface area contributed by atoms with E-state index >= 15 is 0 Å². The summed E-state index contributed by atoms with van der Waals surface area (Å²) in [4.78, 5) is 14.7. The van der Waals surface area contributed by atoms with Crippen molar-refractivity contribution in [3.05, 3.63) is 29.7 Å². The number of rotatable bonds is 3. The number of aromatic carboxylic acids is 1. The summed E-state index contributed by atoms with van der Waals surface area (Å²) in [5.41, 5.74) is 1.95. The Bertz CT molecular complexity index is 562. The minimum absolute atomic E-state index is 0.200. The van der Waals surface area contributed by atoms with Gasteiger partial charge in [0.15, 0.2) is 0 Å². The number of hydrogen-bond acceptors (Lipinski definition) is 5. The highest BCUT2D eigenvalue weighted by Crippen LogP contribution is 2.23. The summed E-state index contributed by atoms with van der Waals surface area (Å²) in [6, 6.07) is 3.15. The van der Waals surface area contributed by atoms with E-state index in [4.69, 9.17) is 9.84 Å². The lowest BCUT2D eigenvalue weighted by Crippen LogP contribution is -1.92. The smallest absolute Gasteiger partial charge is 0.374 e. The second kappa shape index (κ2) is 4.25. The Morgan fingerprint density at radius 1 is 1.47 bits per heavy atom. The number of carbonyl (C=O) groups is 1. The largest absolute Gasteiger partial charge is 0.481 e. The Balaban J connectivity index is 2.39. The molecule has 0 saturated carbocycles. The Kier molecular flexibility index (Phi) is 2.78. The van der Waals surface area contributed by atoms with Gasteiger partial charge in [0, 0.05) is 23.4 Å². The molecule has 0 aromatic carbocycles. The number of carboxylic acids is 1. The third kappa shape index (κ3) is 2.10. The molecule has 6 nitrogen and oxygen atoms in total. The molecule has 0 spiro atoms. The fourth-order valence-corrected chi connectivity index (χ4v) is 1.43. The van der Waals surface area contributed by atoms with E-state index in [0.717, 1.165) is 5.56 Å². The highest BCUT2D eigenvalue weighted by Gasteiger charge is 2.13. The first-order valence-electron chi connectivity index (χ1n) is 4.83. The monoisotopic (exact) mass is 234 g/mol. The van der Waals surface area contributed by atoms with Crippen LogP contribution in [0.25, 0.3) is 11.3 Å². The van der Waals surface area contributed by atoms with Crippen LogP contribution in [0, 0.1) is 6.92 Å². The molecule has 0 bridgehead atoms. The molecule has 0 aliphatic rings. The van der Waals surface area contributed by atoms with Gasteiger partial charge in [-0.3, -0.25) is 0 Å². The first-order chi connectivity index (χ1) is 8.11. The molecular weight excluding hydrogens is 224 g/mol. The molecule has 0 saturated heterocycles. The van der Waals surface area contributed by atoms with Crippen LogP contribution in [0.5, 0.6) is 5.88 Å². The maximum atomic E-state index is 10.6. The summed E-state index contributed by atoms with van der Waals surface area (Å²) >= 11 is 0. The zero-order chi connectivity index (χ0) is 12.4. The van der Waals surface area contributed by atoms with Gasteiger partial charge in [-0.2, -0.15) is 0 Å². The Morgan fingerprint density at radius 2 is 2.24 bits per heavy atom. The molecule has 0 aliphatic carbocycles. The number of aryl methyl sites for hydroxylation is 1. The van der Waals surface area contributed by atoms with Gasteiger partial charge in [-0.25, -0.2) is 9.78 Å². The predicted octanol–water partition coefficient (Wildman–Crippen LogP) is 1.75. The molecule has 17 heavy (non-hydrogen) atoms. The molecule has 1 N–H and O–H groups in total. The Hall–Kier alpha value is -2.37. The summed E-state index contributed by atoms with van der Waals surface area (Å²) in [6.45, 7) is 1.84. The molecule has 88 valence electrons. The third-order valence-electron chi connectivity index (χ3n) is 2.24. The summed E-state index contributed by atoms with van der Waals surface area (Å²) in [6.07, 6.45) is 1.55. The van der Waals surface area contributed by atoms with Gasteiger partial charge >= 0.3 is 5.97 Å². The van der Waals surface area contributed by atoms with Gasteiger partial charge < -0.3 is 14.4 Å². The van der Waals surface area contributed by atoms with Gasteiger partial charge in [0.2, 0.25) is 11.6 Å². The van der Waals surface area contributed by atoms with E-state index in [0.29, 0.717) is 17.1 Å². The van der Waals surface area contributed by atoms with Crippen LogP contribution in [0.1, 0.15) is 16.1 Å². The molecule has 0 amide bonds. The maximum Gasteiger partial charge on any atom is 0.374 e. The summed E-state index contributed by atoms with van der Waals surface area (Å²) in [5, 5.41) is 12.4. The van der Waals surface area contributed by atoms with Crippen LogP contribution in [-0.2, 0) is 0 Å². The number of carboxylic acid groups (broad SMARTS) is 1. The normalized spacial score (nSPS) is 10.2. The number of nitrogens with zero attached hydrogens (tertiary/aromatic N) is 2. The number of pyridine rings is 1. The van der Waals surface area contributed by atoms with Crippen molar-refractivity contribution < 1.29 is 19.2 Å². The van der Waals surface area contributed by atoms with E-state index in [-0.39, 0.29) is 5.76 Å². The van der Waals surface area contributed by atoms with Crippen LogP contribution in [0.4, 0.5) is 0 Å². The van der Waals surface area contributed by atoms with Crippen molar-refractivity contribution in [1.29, 1.82) is 0 Å². The number of aromatic nitrogens is 2. The SMILES string of the molecule is COc1ncc(-c2cc(C(=O)O)on2)cc1C. The molecule has 0 radical (unpaired) electrons. The average molecular weight is 234 g/mol. The van der Waals surface area contributed by atoms with Crippen molar-refractivity contribution >= 4 is 5.97 Å². The van der Waals surface area contributed by atoms with E-state index in [9.17, 15) is 4.79 Å². The van der Waals surface area contributed by atoms with Gasteiger partial charge in [-0.1, -0.05) is 5.16 Å². The zero-order valence-corrected chi connectivity index (χ0v) is 9.30. The lowest BCUT2D eigenvalue weighted by molar-refractivity contribution is 0.0652. The fraction of sp³-hybridized carbons (Fsp3) is 0.182. The van der Waals surface area contributed by atoms with Gasteiger partial charge in [0.25, 0.3) is 0 Å². The minimum Gasteiger partial charge on any atom is -0.481 e. The van der Waals surface area contributed by atoms with Crippen molar-refractivity contribution in [1.82, 2.24) is 10.1 Å². The molecule has 2 aromatic heterocycles. The standard InChI is InChI=1S/C11H10N2O4/c1-6-3-7(5-12-10(6)16-2)8-4-9(11(14)15)17-13-8/h3-5H,1-2H3,(H,14,15). The average Bonchev–Trinajstić information content (AvgIpc) is 2.78. The van der Waals surface area contributed by atoms with E-state index in [2.05, 4.69) is 14.7 Å². The van der Waals surface area contributed by atoms with Crippen LogP contribution in [0.3, 0.4) is 0 Å². The van der Waals surface area contributed by atoms with Crippen molar-refractivity contribution in [3.8, 4) is 17.1 Å². The van der Waals surface area contributed by atoms with Crippen LogP contribution < -0.4 is 4.74 Å². The second-order valence-electron chi connectivity index (χ2n) is 3.43. The van der Waals surface area contributed by atoms with Gasteiger partial charge in [0.1, 0.15) is 5.69 Å². The number of hydrogen-bond donors (Lipinski definition) is 1. The van der Waals surface area contributed by atoms with Gasteiger partial charge in [-0.15, -0.1) is 0 Å². The second-order valence-corrected chi connectivity index (χ2v) is 3.43. The first kappa shape index (κ1) is 11.1. The molecule has 0 fully saturated rings. The number of ether oxygens (including phenoxy) is 1. The molecule has 2 aromatic rings. The van der Waals surface area contributed by atoms with E-state index in [1.165, 1.54) is 13.2 Å². The molecule has 0 unspecified atom stereocenters. The van der Waals surface area contributed by atoms with Crippen LogP contribution >= 0.6 is 0 Å². The van der Waals surface area contributed by atoms with E-state index < -0.39 is 5.97 Å². The maximum absolute atomic E-state index is 10.6. The molecule has 0 aliphatic heterocycles. The molecule has 2 rings (SSSR count).